The highest BCUT2D eigenvalue weighted by molar-refractivity contribution is 5.70. The van der Waals surface area contributed by atoms with Crippen LogP contribution < -0.4 is 10.1 Å². The van der Waals surface area contributed by atoms with Crippen LogP contribution in [0.3, 0.4) is 0 Å². The molecule has 20 heavy (non-hydrogen) atoms. The van der Waals surface area contributed by atoms with Crippen LogP contribution in [-0.4, -0.2) is 24.2 Å². The van der Waals surface area contributed by atoms with E-state index in [0.717, 1.165) is 42.7 Å². The first-order valence-electron chi connectivity index (χ1n) is 7.16. The van der Waals surface area contributed by atoms with Gasteiger partial charge in [-0.25, -0.2) is 0 Å². The van der Waals surface area contributed by atoms with Gasteiger partial charge in [-0.15, -0.1) is 0 Å². The number of hydrogen-bond donors (Lipinski definition) is 2. The molecule has 1 aromatic carbocycles. The van der Waals surface area contributed by atoms with Gasteiger partial charge in [0.05, 0.1) is 13.0 Å². The van der Waals surface area contributed by atoms with E-state index in [0.29, 0.717) is 6.04 Å². The third-order valence-electron chi connectivity index (χ3n) is 4.18. The molecule has 0 bridgehead atoms. The lowest BCUT2D eigenvalue weighted by molar-refractivity contribution is -0.142. The molecule has 110 valence electrons. The first-order chi connectivity index (χ1) is 9.51. The molecule has 4 heteroatoms. The minimum absolute atomic E-state index is 0.165. The lowest BCUT2D eigenvalue weighted by atomic mass is 9.86. The maximum atomic E-state index is 11.0. The smallest absolute Gasteiger partial charge is 0.306 e. The fourth-order valence-corrected chi connectivity index (χ4v) is 2.91. The van der Waals surface area contributed by atoms with Crippen LogP contribution in [0.5, 0.6) is 5.75 Å². The van der Waals surface area contributed by atoms with Gasteiger partial charge in [-0.1, -0.05) is 6.07 Å². The van der Waals surface area contributed by atoms with E-state index in [1.54, 1.807) is 7.11 Å². The molecule has 0 aliphatic heterocycles. The number of carboxylic acids is 1. The molecular weight excluding hydrogens is 254 g/mol. The van der Waals surface area contributed by atoms with E-state index in [9.17, 15) is 4.79 Å². The Hall–Kier alpha value is -1.71. The van der Waals surface area contributed by atoms with Gasteiger partial charge in [0.2, 0.25) is 0 Å². The zero-order valence-corrected chi connectivity index (χ0v) is 12.4. The van der Waals surface area contributed by atoms with Crippen molar-refractivity contribution >= 4 is 11.7 Å². The number of methoxy groups -OCH3 is 1. The summed E-state index contributed by atoms with van der Waals surface area (Å²) < 4.78 is 5.36. The molecule has 1 fully saturated rings. The molecule has 1 saturated carbocycles. The van der Waals surface area contributed by atoms with Gasteiger partial charge in [-0.05, 0) is 50.7 Å². The van der Waals surface area contributed by atoms with Crippen molar-refractivity contribution in [3.05, 3.63) is 23.3 Å². The topological polar surface area (TPSA) is 58.6 Å². The van der Waals surface area contributed by atoms with Crippen LogP contribution in [0, 0.1) is 19.8 Å². The average molecular weight is 277 g/mol. The summed E-state index contributed by atoms with van der Waals surface area (Å²) in [6.45, 7) is 4.12. The minimum atomic E-state index is -0.656. The van der Waals surface area contributed by atoms with Crippen LogP contribution in [0.15, 0.2) is 12.1 Å². The number of carboxylic acid groups (broad SMARTS) is 1. The summed E-state index contributed by atoms with van der Waals surface area (Å²) >= 11 is 0. The molecule has 1 aliphatic carbocycles. The van der Waals surface area contributed by atoms with Gasteiger partial charge in [0.15, 0.2) is 0 Å². The van der Waals surface area contributed by atoms with Gasteiger partial charge in [0.1, 0.15) is 5.75 Å². The maximum Gasteiger partial charge on any atom is 0.306 e. The average Bonchev–Trinajstić information content (AvgIpc) is 2.42. The predicted molar refractivity (Wildman–Crippen MR) is 79.5 cm³/mol. The zero-order chi connectivity index (χ0) is 14.7. The molecule has 0 spiro atoms. The van der Waals surface area contributed by atoms with E-state index in [1.807, 2.05) is 13.0 Å². The maximum absolute atomic E-state index is 11.0. The second-order valence-electron chi connectivity index (χ2n) is 5.67. The number of aryl methyl sites for hydroxylation is 2. The van der Waals surface area contributed by atoms with Crippen molar-refractivity contribution in [2.75, 3.05) is 12.4 Å². The molecule has 0 heterocycles. The van der Waals surface area contributed by atoms with Crippen molar-refractivity contribution in [3.8, 4) is 5.75 Å². The highest BCUT2D eigenvalue weighted by atomic mass is 16.5. The van der Waals surface area contributed by atoms with Crippen LogP contribution in [-0.2, 0) is 4.79 Å². The molecule has 0 unspecified atom stereocenters. The third-order valence-corrected chi connectivity index (χ3v) is 4.18. The highest BCUT2D eigenvalue weighted by Gasteiger charge is 2.26. The van der Waals surface area contributed by atoms with E-state index >= 15 is 0 Å². The summed E-state index contributed by atoms with van der Waals surface area (Å²) in [5, 5.41) is 12.6. The molecule has 0 aromatic heterocycles. The van der Waals surface area contributed by atoms with Gasteiger partial charge >= 0.3 is 5.97 Å². The number of rotatable bonds is 4. The molecule has 1 aromatic rings. The number of anilines is 1. The Morgan fingerprint density at radius 3 is 2.40 bits per heavy atom. The first kappa shape index (κ1) is 14.7. The molecule has 2 N–H and O–H groups in total. The Kier molecular flexibility index (Phi) is 4.53. The Balaban J connectivity index is 2.02. The highest BCUT2D eigenvalue weighted by Crippen LogP contribution is 2.30. The number of benzene rings is 1. The van der Waals surface area contributed by atoms with Crippen molar-refractivity contribution in [2.45, 2.75) is 45.6 Å². The van der Waals surface area contributed by atoms with Crippen molar-refractivity contribution in [2.24, 2.45) is 5.92 Å². The van der Waals surface area contributed by atoms with Gasteiger partial charge in [-0.2, -0.15) is 0 Å². The normalized spacial score (nSPS) is 22.4. The summed E-state index contributed by atoms with van der Waals surface area (Å²) in [6.07, 6.45) is 3.34. The van der Waals surface area contributed by atoms with E-state index < -0.39 is 5.97 Å². The largest absolute Gasteiger partial charge is 0.496 e. The van der Waals surface area contributed by atoms with Gasteiger partial charge in [0.25, 0.3) is 0 Å². The van der Waals surface area contributed by atoms with Crippen LogP contribution in [0.4, 0.5) is 5.69 Å². The number of carbonyl (C=O) groups is 1. The van der Waals surface area contributed by atoms with Gasteiger partial charge in [-0.3, -0.25) is 4.79 Å². The van der Waals surface area contributed by atoms with Crippen LogP contribution in [0.2, 0.25) is 0 Å². The van der Waals surface area contributed by atoms with Crippen molar-refractivity contribution in [1.82, 2.24) is 0 Å². The first-order valence-corrected chi connectivity index (χ1v) is 7.16. The van der Waals surface area contributed by atoms with Crippen molar-refractivity contribution in [1.29, 1.82) is 0 Å². The number of hydrogen-bond acceptors (Lipinski definition) is 3. The predicted octanol–water partition coefficient (Wildman–Crippen LogP) is 3.37. The molecule has 4 nitrogen and oxygen atoms in total. The van der Waals surface area contributed by atoms with Crippen molar-refractivity contribution < 1.29 is 14.6 Å². The SMILES string of the molecule is COc1cc(NC2CCC(C(=O)O)CC2)c(C)cc1C. The number of aliphatic carboxylic acids is 1. The van der Waals surface area contributed by atoms with Gasteiger partial charge < -0.3 is 15.2 Å². The summed E-state index contributed by atoms with van der Waals surface area (Å²) in [4.78, 5) is 11.0. The lowest BCUT2D eigenvalue weighted by Crippen LogP contribution is -2.29. The zero-order valence-electron chi connectivity index (χ0n) is 12.4. The number of nitrogens with one attached hydrogen (secondary N) is 1. The third kappa shape index (κ3) is 3.24. The van der Waals surface area contributed by atoms with Crippen molar-refractivity contribution in [3.63, 3.8) is 0 Å². The fraction of sp³-hybridized carbons (Fsp3) is 0.562. The summed E-state index contributed by atoms with van der Waals surface area (Å²) in [5.74, 6) is 0.0654. The number of ether oxygens (including phenoxy) is 1. The quantitative estimate of drug-likeness (QED) is 0.886. The summed E-state index contributed by atoms with van der Waals surface area (Å²) in [6, 6.07) is 4.51. The molecule has 0 atom stereocenters. The lowest BCUT2D eigenvalue weighted by Gasteiger charge is -2.28. The van der Waals surface area contributed by atoms with E-state index in [2.05, 4.69) is 18.3 Å². The molecule has 2 rings (SSSR count). The van der Waals surface area contributed by atoms with Crippen LogP contribution >= 0.6 is 0 Å². The standard InChI is InChI=1S/C16H23NO3/c1-10-8-11(2)15(20-3)9-14(10)17-13-6-4-12(5-7-13)16(18)19/h8-9,12-13,17H,4-7H2,1-3H3,(H,18,19). The van der Waals surface area contributed by atoms with E-state index in [-0.39, 0.29) is 5.92 Å². The molecule has 0 saturated heterocycles. The van der Waals surface area contributed by atoms with E-state index in [4.69, 9.17) is 9.84 Å². The fourth-order valence-electron chi connectivity index (χ4n) is 2.91. The van der Waals surface area contributed by atoms with E-state index in [1.165, 1.54) is 5.56 Å². The second-order valence-corrected chi connectivity index (χ2v) is 5.67. The molecular formula is C16H23NO3. The second kappa shape index (κ2) is 6.16. The monoisotopic (exact) mass is 277 g/mol. The molecule has 1 aliphatic rings. The molecule has 0 radical (unpaired) electrons. The Bertz CT molecular complexity index is 491. The summed E-state index contributed by atoms with van der Waals surface area (Å²) in [7, 11) is 1.68. The molecule has 0 amide bonds. The van der Waals surface area contributed by atoms with Gasteiger partial charge in [0, 0.05) is 17.8 Å². The Morgan fingerprint density at radius 2 is 1.85 bits per heavy atom. The van der Waals surface area contributed by atoms with Crippen LogP contribution in [0.25, 0.3) is 0 Å². The Morgan fingerprint density at radius 1 is 1.20 bits per heavy atom. The minimum Gasteiger partial charge on any atom is -0.496 e. The van der Waals surface area contributed by atoms with Crippen LogP contribution in [0.1, 0.15) is 36.8 Å². The summed E-state index contributed by atoms with van der Waals surface area (Å²) in [5.41, 5.74) is 3.42. The Labute approximate surface area is 120 Å².